The van der Waals surface area contributed by atoms with Crippen LogP contribution in [0.4, 0.5) is 26.3 Å². The lowest BCUT2D eigenvalue weighted by atomic mass is 9.98. The number of halogens is 6. The van der Waals surface area contributed by atoms with Crippen LogP contribution in [0.5, 0.6) is 23.0 Å². The van der Waals surface area contributed by atoms with Gasteiger partial charge in [0.25, 0.3) is 0 Å². The molecule has 4 rings (SSSR count). The van der Waals surface area contributed by atoms with E-state index in [0.29, 0.717) is 24.3 Å². The van der Waals surface area contributed by atoms with Crippen LogP contribution in [0.25, 0.3) is 11.1 Å². The maximum atomic E-state index is 14.3. The first kappa shape index (κ1) is 32.8. The van der Waals surface area contributed by atoms with Crippen LogP contribution in [0.1, 0.15) is 52.6 Å². The number of para-hydroxylation sites is 1. The molecule has 238 valence electrons. The van der Waals surface area contributed by atoms with E-state index < -0.39 is 92.6 Å². The summed E-state index contributed by atoms with van der Waals surface area (Å²) < 4.78 is 96.5. The predicted molar refractivity (Wildman–Crippen MR) is 143 cm³/mol. The Hall–Kier alpha value is -6.06. The Kier molecular flexibility index (Phi) is 8.67. The number of alkyl halides is 6. The monoisotopic (exact) mass is 650 g/mol. The molecule has 46 heavy (non-hydrogen) atoms. The van der Waals surface area contributed by atoms with Gasteiger partial charge in [-0.1, -0.05) is 42.5 Å². The molecule has 0 aliphatic rings. The van der Waals surface area contributed by atoms with Crippen LogP contribution in [0.2, 0.25) is 0 Å². The fraction of sp³-hybridized carbons (Fsp3) is 0.0667. The van der Waals surface area contributed by atoms with E-state index in [9.17, 15) is 65.9 Å². The molecule has 4 aromatic rings. The van der Waals surface area contributed by atoms with Crippen molar-refractivity contribution in [1.29, 1.82) is 0 Å². The number of benzene rings is 4. The zero-order valence-electron chi connectivity index (χ0n) is 22.4. The van der Waals surface area contributed by atoms with Crippen LogP contribution >= 0.6 is 0 Å². The molecular weight excluding hydrogens is 634 g/mol. The Morgan fingerprint density at radius 1 is 0.500 bits per heavy atom. The highest BCUT2D eigenvalue weighted by Gasteiger charge is 2.43. The van der Waals surface area contributed by atoms with Gasteiger partial charge in [0.2, 0.25) is 0 Å². The predicted octanol–water partition coefficient (Wildman–Crippen LogP) is 7.77. The molecule has 16 heteroatoms. The van der Waals surface area contributed by atoms with Crippen LogP contribution in [0, 0.1) is 0 Å². The van der Waals surface area contributed by atoms with Gasteiger partial charge in [-0.05, 0) is 35.9 Å². The number of hydrogen-bond donors (Lipinski definition) is 4. The van der Waals surface area contributed by atoms with Crippen molar-refractivity contribution in [2.45, 2.75) is 12.4 Å². The van der Waals surface area contributed by atoms with E-state index in [1.807, 2.05) is 0 Å². The molecular formula is C30H16F6O10. The van der Waals surface area contributed by atoms with Crippen LogP contribution < -0.4 is 9.47 Å². The van der Waals surface area contributed by atoms with E-state index in [1.54, 1.807) is 6.07 Å². The van der Waals surface area contributed by atoms with Gasteiger partial charge >= 0.3 is 36.2 Å². The third-order valence-corrected chi connectivity index (χ3v) is 6.29. The van der Waals surface area contributed by atoms with Gasteiger partial charge in [-0.15, -0.1) is 0 Å². The van der Waals surface area contributed by atoms with E-state index in [4.69, 9.17) is 9.47 Å². The van der Waals surface area contributed by atoms with Crippen molar-refractivity contribution in [2.75, 3.05) is 0 Å². The summed E-state index contributed by atoms with van der Waals surface area (Å²) in [5.74, 6) is -12.6. The Morgan fingerprint density at radius 2 is 0.957 bits per heavy atom. The van der Waals surface area contributed by atoms with Crippen molar-refractivity contribution in [2.24, 2.45) is 0 Å². The second-order valence-corrected chi connectivity index (χ2v) is 9.14. The minimum absolute atomic E-state index is 0.111. The Labute approximate surface area is 252 Å². The quantitative estimate of drug-likeness (QED) is 0.131. The maximum absolute atomic E-state index is 14.3. The van der Waals surface area contributed by atoms with Gasteiger partial charge in [-0.3, -0.25) is 0 Å². The number of hydrogen-bond acceptors (Lipinski definition) is 6. The SMILES string of the molecule is O=C(O)c1ccc(Oc2cccc(-c3ccccc3)c2Oc2ccc(C(=O)O)c(C(=O)O)c2C(F)(F)F)c(C(F)(F)F)c1C(=O)O. The van der Waals surface area contributed by atoms with E-state index >= 15 is 0 Å². The molecule has 10 nitrogen and oxygen atoms in total. The normalized spacial score (nSPS) is 11.5. The molecule has 0 aliphatic carbocycles. The minimum Gasteiger partial charge on any atom is -0.478 e. The number of carbonyl (C=O) groups is 4. The summed E-state index contributed by atoms with van der Waals surface area (Å²) >= 11 is 0. The standard InChI is InChI=1S/C30H16F6O10/c31-29(32,33)22-17(11-9-15(25(37)38)20(22)27(41)42)45-19-8-4-7-14(13-5-2-1-3-6-13)24(19)46-18-12-10-16(26(39)40)21(28(43)44)23(18)30(34,35)36/h1-12H,(H,37,38)(H,39,40)(H,41,42)(H,43,44). The van der Waals surface area contributed by atoms with Crippen molar-refractivity contribution in [3.63, 3.8) is 0 Å². The van der Waals surface area contributed by atoms with Crippen molar-refractivity contribution < 1.29 is 75.4 Å². The first-order chi connectivity index (χ1) is 21.4. The molecule has 0 fully saturated rings. The van der Waals surface area contributed by atoms with Gasteiger partial charge in [0.05, 0.1) is 22.3 Å². The number of aromatic carboxylic acids is 4. The summed E-state index contributed by atoms with van der Waals surface area (Å²) in [6, 6.07) is 12.8. The molecule has 0 spiro atoms. The van der Waals surface area contributed by atoms with Crippen molar-refractivity contribution in [3.05, 3.63) is 106 Å². The van der Waals surface area contributed by atoms with Gasteiger partial charge in [-0.2, -0.15) is 26.3 Å². The second-order valence-electron chi connectivity index (χ2n) is 9.14. The molecule has 4 N–H and O–H groups in total. The highest BCUT2D eigenvalue weighted by atomic mass is 19.4. The maximum Gasteiger partial charge on any atom is 0.420 e. The van der Waals surface area contributed by atoms with Crippen LogP contribution in [-0.4, -0.2) is 44.3 Å². The summed E-state index contributed by atoms with van der Waals surface area (Å²) in [5, 5.41) is 37.7. The summed E-state index contributed by atoms with van der Waals surface area (Å²) in [6.45, 7) is 0. The lowest BCUT2D eigenvalue weighted by Crippen LogP contribution is -2.19. The summed E-state index contributed by atoms with van der Waals surface area (Å²) in [6.07, 6.45) is -11.1. The van der Waals surface area contributed by atoms with Crippen LogP contribution in [-0.2, 0) is 12.4 Å². The van der Waals surface area contributed by atoms with Gasteiger partial charge < -0.3 is 29.9 Å². The third kappa shape index (κ3) is 6.40. The molecule has 0 aliphatic heterocycles. The number of ether oxygens (including phenoxy) is 2. The molecule has 0 saturated carbocycles. The van der Waals surface area contributed by atoms with Crippen LogP contribution in [0.15, 0.2) is 72.8 Å². The molecule has 0 heterocycles. The molecule has 0 amide bonds. The Morgan fingerprint density at radius 3 is 1.37 bits per heavy atom. The average molecular weight is 650 g/mol. The summed E-state index contributed by atoms with van der Waals surface area (Å²) in [4.78, 5) is 46.7. The van der Waals surface area contributed by atoms with E-state index in [1.165, 1.54) is 36.4 Å². The number of carboxylic acids is 4. The molecule has 0 atom stereocenters. The Bertz CT molecular complexity index is 1880. The van der Waals surface area contributed by atoms with Gasteiger partial charge in [0.1, 0.15) is 22.6 Å². The fourth-order valence-corrected chi connectivity index (χ4v) is 4.48. The van der Waals surface area contributed by atoms with E-state index in [2.05, 4.69) is 0 Å². The van der Waals surface area contributed by atoms with Crippen molar-refractivity contribution in [3.8, 4) is 34.1 Å². The lowest BCUT2D eigenvalue weighted by Gasteiger charge is -2.22. The number of rotatable bonds is 9. The summed E-state index contributed by atoms with van der Waals surface area (Å²) in [7, 11) is 0. The van der Waals surface area contributed by atoms with Gasteiger partial charge in [0.15, 0.2) is 11.5 Å². The molecule has 0 saturated heterocycles. The Balaban J connectivity index is 2.05. The molecule has 0 aromatic heterocycles. The highest BCUT2D eigenvalue weighted by Crippen LogP contribution is 2.49. The summed E-state index contributed by atoms with van der Waals surface area (Å²) in [5.41, 5.74) is -9.83. The van der Waals surface area contributed by atoms with E-state index in [-0.39, 0.29) is 11.1 Å². The molecule has 4 aromatic carbocycles. The second kappa shape index (κ2) is 12.1. The van der Waals surface area contributed by atoms with Gasteiger partial charge in [-0.25, -0.2) is 19.2 Å². The largest absolute Gasteiger partial charge is 0.478 e. The fourth-order valence-electron chi connectivity index (χ4n) is 4.48. The van der Waals surface area contributed by atoms with E-state index in [0.717, 1.165) is 6.07 Å². The topological polar surface area (TPSA) is 168 Å². The van der Waals surface area contributed by atoms with Crippen molar-refractivity contribution in [1.82, 2.24) is 0 Å². The first-order valence-corrected chi connectivity index (χ1v) is 12.4. The zero-order chi connectivity index (χ0) is 34.1. The third-order valence-electron chi connectivity index (χ3n) is 6.29. The van der Waals surface area contributed by atoms with Gasteiger partial charge in [0, 0.05) is 5.56 Å². The first-order valence-electron chi connectivity index (χ1n) is 12.4. The average Bonchev–Trinajstić information content (AvgIpc) is 2.96. The molecule has 0 radical (unpaired) electrons. The van der Waals surface area contributed by atoms with Crippen LogP contribution in [0.3, 0.4) is 0 Å². The number of carboxylic acid groups (broad SMARTS) is 4. The molecule has 0 unspecified atom stereocenters. The smallest absolute Gasteiger partial charge is 0.420 e. The molecule has 0 bridgehead atoms. The lowest BCUT2D eigenvalue weighted by molar-refractivity contribution is -0.140. The minimum atomic E-state index is -5.54. The zero-order valence-corrected chi connectivity index (χ0v) is 22.4. The highest BCUT2D eigenvalue weighted by molar-refractivity contribution is 6.04. The van der Waals surface area contributed by atoms with Crippen molar-refractivity contribution >= 4 is 23.9 Å².